The normalized spacial score (nSPS) is 22.5. The third kappa shape index (κ3) is 5.22. The molecule has 0 saturated carbocycles. The van der Waals surface area contributed by atoms with Crippen LogP contribution >= 0.6 is 0 Å². The topological polar surface area (TPSA) is 21.3 Å². The molecule has 1 heterocycles. The van der Waals surface area contributed by atoms with Crippen molar-refractivity contribution in [2.75, 3.05) is 7.11 Å². The summed E-state index contributed by atoms with van der Waals surface area (Å²) in [6, 6.07) is 0. The second-order valence-corrected chi connectivity index (χ2v) is 5.26. The Hall–Kier alpha value is -0.500. The molecule has 1 rings (SSSR count). The first kappa shape index (κ1) is 14.5. The quantitative estimate of drug-likeness (QED) is 0.673. The minimum absolute atomic E-state index is 0.187. The van der Waals surface area contributed by atoms with Crippen LogP contribution in [0.2, 0.25) is 0 Å². The van der Waals surface area contributed by atoms with Gasteiger partial charge in [0.1, 0.15) is 0 Å². The molecule has 1 fully saturated rings. The summed E-state index contributed by atoms with van der Waals surface area (Å²) in [5.74, 6) is 0. The van der Waals surface area contributed by atoms with Gasteiger partial charge >= 0.3 is 0 Å². The number of rotatable bonds is 1. The van der Waals surface area contributed by atoms with E-state index < -0.39 is 0 Å². The van der Waals surface area contributed by atoms with Crippen molar-refractivity contribution < 1.29 is 4.74 Å². The average molecular weight is 213 g/mol. The van der Waals surface area contributed by atoms with Gasteiger partial charge in [-0.25, -0.2) is 0 Å². The van der Waals surface area contributed by atoms with E-state index in [4.69, 9.17) is 4.74 Å². The van der Waals surface area contributed by atoms with Gasteiger partial charge in [0.2, 0.25) is 0 Å². The van der Waals surface area contributed by atoms with E-state index in [2.05, 4.69) is 33.0 Å². The Morgan fingerprint density at radius 2 is 1.47 bits per heavy atom. The highest BCUT2D eigenvalue weighted by molar-refractivity contribution is 5.14. The molecule has 1 aliphatic heterocycles. The molecule has 0 amide bonds. The van der Waals surface area contributed by atoms with Gasteiger partial charge in [-0.1, -0.05) is 13.8 Å². The van der Waals surface area contributed by atoms with Crippen LogP contribution in [0.15, 0.2) is 11.8 Å². The summed E-state index contributed by atoms with van der Waals surface area (Å²) in [6.45, 7) is 12.9. The van der Waals surface area contributed by atoms with Crippen LogP contribution in [0.4, 0.5) is 0 Å². The first-order chi connectivity index (χ1) is 6.85. The molecule has 0 atom stereocenters. The first-order valence-corrected chi connectivity index (χ1v) is 5.85. The number of piperidine rings is 1. The zero-order valence-corrected chi connectivity index (χ0v) is 11.4. The molecule has 0 aromatic heterocycles. The maximum atomic E-state index is 5.08. The third-order valence-electron chi connectivity index (χ3n) is 2.30. The van der Waals surface area contributed by atoms with Crippen LogP contribution in [0.25, 0.3) is 0 Å². The number of hydrogen-bond donors (Lipinski definition) is 1. The van der Waals surface area contributed by atoms with Gasteiger partial charge in [-0.15, -0.1) is 0 Å². The van der Waals surface area contributed by atoms with Crippen molar-refractivity contribution >= 4 is 0 Å². The lowest BCUT2D eigenvalue weighted by Crippen LogP contribution is -2.55. The van der Waals surface area contributed by atoms with E-state index in [1.807, 2.05) is 20.1 Å². The Balaban J connectivity index is 0.000000921. The fraction of sp³-hybridized carbons (Fsp3) is 0.846. The minimum Gasteiger partial charge on any atom is -0.504 e. The number of hydrogen-bond acceptors (Lipinski definition) is 2. The largest absolute Gasteiger partial charge is 0.504 e. The molecule has 1 saturated heterocycles. The SMILES string of the molecule is CC.COC=C1CC(C)(C)NC(C)(C)C1. The Kier molecular flexibility index (Phi) is 5.36. The van der Waals surface area contributed by atoms with Crippen molar-refractivity contribution in [3.05, 3.63) is 11.8 Å². The van der Waals surface area contributed by atoms with Gasteiger partial charge in [-0.3, -0.25) is 0 Å². The van der Waals surface area contributed by atoms with Crippen LogP contribution in [-0.4, -0.2) is 18.2 Å². The maximum absolute atomic E-state index is 5.08. The molecule has 0 aromatic rings. The van der Waals surface area contributed by atoms with Crippen molar-refractivity contribution in [3.63, 3.8) is 0 Å². The van der Waals surface area contributed by atoms with Crippen LogP contribution in [0.3, 0.4) is 0 Å². The summed E-state index contributed by atoms with van der Waals surface area (Å²) < 4.78 is 5.08. The van der Waals surface area contributed by atoms with Crippen LogP contribution in [0, 0.1) is 0 Å². The highest BCUT2D eigenvalue weighted by Crippen LogP contribution is 2.31. The second-order valence-electron chi connectivity index (χ2n) is 5.26. The highest BCUT2D eigenvalue weighted by Gasteiger charge is 2.34. The molecule has 0 unspecified atom stereocenters. The van der Waals surface area contributed by atoms with E-state index in [-0.39, 0.29) is 11.1 Å². The monoisotopic (exact) mass is 213 g/mol. The molecule has 0 spiro atoms. The molecular formula is C13H27NO. The maximum Gasteiger partial charge on any atom is 0.0817 e. The van der Waals surface area contributed by atoms with Gasteiger partial charge in [0.05, 0.1) is 13.4 Å². The fourth-order valence-electron chi connectivity index (χ4n) is 2.45. The molecular weight excluding hydrogens is 186 g/mol. The fourth-order valence-corrected chi connectivity index (χ4v) is 2.45. The highest BCUT2D eigenvalue weighted by atomic mass is 16.5. The van der Waals surface area contributed by atoms with Gasteiger partial charge < -0.3 is 10.1 Å². The summed E-state index contributed by atoms with van der Waals surface area (Å²) in [5, 5.41) is 3.62. The lowest BCUT2D eigenvalue weighted by atomic mass is 9.80. The molecule has 0 radical (unpaired) electrons. The van der Waals surface area contributed by atoms with E-state index in [9.17, 15) is 0 Å². The minimum atomic E-state index is 0.187. The Morgan fingerprint density at radius 1 is 1.07 bits per heavy atom. The zero-order valence-electron chi connectivity index (χ0n) is 11.4. The molecule has 2 nitrogen and oxygen atoms in total. The zero-order chi connectivity index (χ0) is 12.1. The molecule has 15 heavy (non-hydrogen) atoms. The molecule has 90 valence electrons. The summed E-state index contributed by atoms with van der Waals surface area (Å²) >= 11 is 0. The standard InChI is InChI=1S/C11H21NO.C2H6/c1-10(2)6-9(8-13-5)7-11(3,4)12-10;1-2/h8,12H,6-7H2,1-5H3;1-2H3. The summed E-state index contributed by atoms with van der Waals surface area (Å²) in [4.78, 5) is 0. The van der Waals surface area contributed by atoms with Crippen LogP contribution < -0.4 is 5.32 Å². The van der Waals surface area contributed by atoms with E-state index in [0.29, 0.717) is 0 Å². The average Bonchev–Trinajstić information content (AvgIpc) is 2.02. The lowest BCUT2D eigenvalue weighted by Gasteiger charge is -2.43. The van der Waals surface area contributed by atoms with Crippen molar-refractivity contribution in [1.29, 1.82) is 0 Å². The smallest absolute Gasteiger partial charge is 0.0817 e. The van der Waals surface area contributed by atoms with Gasteiger partial charge in [0, 0.05) is 11.1 Å². The summed E-state index contributed by atoms with van der Waals surface area (Å²) in [6.07, 6.45) is 4.04. The Morgan fingerprint density at radius 3 is 1.80 bits per heavy atom. The van der Waals surface area contributed by atoms with E-state index in [1.54, 1.807) is 7.11 Å². The Labute approximate surface area is 95.1 Å². The molecule has 1 N–H and O–H groups in total. The van der Waals surface area contributed by atoms with E-state index in [0.717, 1.165) is 12.8 Å². The molecule has 1 aliphatic rings. The van der Waals surface area contributed by atoms with Gasteiger partial charge in [-0.05, 0) is 46.1 Å². The number of ether oxygens (including phenoxy) is 1. The summed E-state index contributed by atoms with van der Waals surface area (Å²) in [7, 11) is 1.72. The Bertz CT molecular complexity index is 199. The van der Waals surface area contributed by atoms with Crippen molar-refractivity contribution in [2.45, 2.75) is 65.5 Å². The number of nitrogens with one attached hydrogen (secondary N) is 1. The lowest BCUT2D eigenvalue weighted by molar-refractivity contribution is 0.214. The van der Waals surface area contributed by atoms with Crippen molar-refractivity contribution in [1.82, 2.24) is 5.32 Å². The number of methoxy groups -OCH3 is 1. The van der Waals surface area contributed by atoms with Gasteiger partial charge in [0.25, 0.3) is 0 Å². The second kappa shape index (κ2) is 5.55. The van der Waals surface area contributed by atoms with E-state index >= 15 is 0 Å². The molecule has 2 heteroatoms. The molecule has 0 aromatic carbocycles. The van der Waals surface area contributed by atoms with Gasteiger partial charge in [-0.2, -0.15) is 0 Å². The predicted molar refractivity (Wildman–Crippen MR) is 67.0 cm³/mol. The van der Waals surface area contributed by atoms with Crippen LogP contribution in [0.1, 0.15) is 54.4 Å². The molecule has 0 aliphatic carbocycles. The van der Waals surface area contributed by atoms with E-state index in [1.165, 1.54) is 5.57 Å². The van der Waals surface area contributed by atoms with Crippen molar-refractivity contribution in [2.24, 2.45) is 0 Å². The van der Waals surface area contributed by atoms with Crippen molar-refractivity contribution in [3.8, 4) is 0 Å². The third-order valence-corrected chi connectivity index (χ3v) is 2.30. The molecule has 0 bridgehead atoms. The summed E-state index contributed by atoms with van der Waals surface area (Å²) in [5.41, 5.74) is 1.77. The van der Waals surface area contributed by atoms with Gasteiger partial charge in [0.15, 0.2) is 0 Å². The van der Waals surface area contributed by atoms with Crippen LogP contribution in [0.5, 0.6) is 0 Å². The first-order valence-electron chi connectivity index (χ1n) is 5.85. The predicted octanol–water partition coefficient (Wildman–Crippen LogP) is 3.48. The van der Waals surface area contributed by atoms with Crippen LogP contribution in [-0.2, 0) is 4.74 Å².